The van der Waals surface area contributed by atoms with E-state index in [1.54, 1.807) is 12.4 Å². The molecule has 0 saturated heterocycles. The first kappa shape index (κ1) is 9.96. The van der Waals surface area contributed by atoms with Gasteiger partial charge in [0.25, 0.3) is 0 Å². The maximum atomic E-state index is 4.09. The van der Waals surface area contributed by atoms with Gasteiger partial charge in [0.15, 0.2) is 0 Å². The first-order chi connectivity index (χ1) is 6.20. The molecule has 72 valence electrons. The fourth-order valence-corrected chi connectivity index (χ4v) is 0.878. The highest BCUT2D eigenvalue weighted by molar-refractivity contribution is 5.21. The molecule has 0 amide bonds. The predicted octanol–water partition coefficient (Wildman–Crippen LogP) is 2.18. The second kappa shape index (κ2) is 4.80. The molecule has 0 aromatic carbocycles. The van der Waals surface area contributed by atoms with Gasteiger partial charge in [-0.1, -0.05) is 20.8 Å². The van der Waals surface area contributed by atoms with Crippen molar-refractivity contribution in [2.45, 2.75) is 20.8 Å². The zero-order valence-corrected chi connectivity index (χ0v) is 8.49. The smallest absolute Gasteiger partial charge is 0.222 e. The monoisotopic (exact) mass is 179 g/mol. The molecule has 1 unspecified atom stereocenters. The maximum Gasteiger partial charge on any atom is 0.222 e. The van der Waals surface area contributed by atoms with E-state index in [9.17, 15) is 0 Å². The van der Waals surface area contributed by atoms with Crippen LogP contribution in [0.25, 0.3) is 0 Å². The molecule has 0 aliphatic rings. The molecule has 1 N–H and O–H groups in total. The van der Waals surface area contributed by atoms with Crippen molar-refractivity contribution >= 4 is 5.95 Å². The van der Waals surface area contributed by atoms with Crippen molar-refractivity contribution in [3.8, 4) is 0 Å². The minimum atomic E-state index is 0.642. The zero-order valence-electron chi connectivity index (χ0n) is 8.49. The van der Waals surface area contributed by atoms with Gasteiger partial charge < -0.3 is 5.32 Å². The van der Waals surface area contributed by atoms with Crippen molar-refractivity contribution in [1.82, 2.24) is 9.97 Å². The Labute approximate surface area is 79.6 Å². The van der Waals surface area contributed by atoms with E-state index in [1.165, 1.54) is 0 Å². The average molecular weight is 179 g/mol. The van der Waals surface area contributed by atoms with Gasteiger partial charge in [-0.05, 0) is 17.9 Å². The Bertz CT molecular complexity index is 233. The van der Waals surface area contributed by atoms with Gasteiger partial charge in [-0.2, -0.15) is 0 Å². The third-order valence-corrected chi connectivity index (χ3v) is 2.29. The van der Waals surface area contributed by atoms with Crippen LogP contribution in [-0.2, 0) is 0 Å². The molecule has 3 heteroatoms. The normalized spacial score (nSPS) is 12.9. The van der Waals surface area contributed by atoms with Crippen LogP contribution in [0.4, 0.5) is 5.95 Å². The molecular weight excluding hydrogens is 162 g/mol. The summed E-state index contributed by atoms with van der Waals surface area (Å²) in [6, 6.07) is 1.82. The average Bonchev–Trinajstić information content (AvgIpc) is 2.15. The van der Waals surface area contributed by atoms with Crippen LogP contribution in [0.15, 0.2) is 18.5 Å². The molecule has 0 radical (unpaired) electrons. The van der Waals surface area contributed by atoms with Crippen LogP contribution in [0.1, 0.15) is 20.8 Å². The van der Waals surface area contributed by atoms with E-state index in [4.69, 9.17) is 0 Å². The summed E-state index contributed by atoms with van der Waals surface area (Å²) in [5, 5.41) is 3.20. The lowest BCUT2D eigenvalue weighted by Crippen LogP contribution is -2.17. The molecule has 1 heterocycles. The van der Waals surface area contributed by atoms with E-state index in [1.807, 2.05) is 6.07 Å². The van der Waals surface area contributed by atoms with Crippen LogP contribution < -0.4 is 5.32 Å². The highest BCUT2D eigenvalue weighted by Gasteiger charge is 2.06. The lowest BCUT2D eigenvalue weighted by Gasteiger charge is -2.15. The first-order valence-corrected chi connectivity index (χ1v) is 4.71. The van der Waals surface area contributed by atoms with Gasteiger partial charge in [0.2, 0.25) is 5.95 Å². The topological polar surface area (TPSA) is 37.8 Å². The van der Waals surface area contributed by atoms with Crippen molar-refractivity contribution < 1.29 is 0 Å². The summed E-state index contributed by atoms with van der Waals surface area (Å²) in [5.74, 6) is 2.05. The summed E-state index contributed by atoms with van der Waals surface area (Å²) in [5.41, 5.74) is 0. The molecule has 0 saturated carbocycles. The van der Waals surface area contributed by atoms with E-state index in [0.717, 1.165) is 12.5 Å². The maximum absolute atomic E-state index is 4.09. The molecule has 1 rings (SSSR count). The van der Waals surface area contributed by atoms with Crippen LogP contribution in [0, 0.1) is 11.8 Å². The Kier molecular flexibility index (Phi) is 3.68. The number of nitrogens with one attached hydrogen (secondary N) is 1. The molecule has 1 atom stereocenters. The molecule has 0 aliphatic heterocycles. The molecule has 0 aliphatic carbocycles. The highest BCUT2D eigenvalue weighted by Crippen LogP contribution is 2.09. The lowest BCUT2D eigenvalue weighted by molar-refractivity contribution is 0.439. The number of hydrogen-bond acceptors (Lipinski definition) is 3. The molecule has 1 aromatic rings. The summed E-state index contributed by atoms with van der Waals surface area (Å²) in [6.45, 7) is 7.60. The fourth-order valence-electron chi connectivity index (χ4n) is 0.878. The fraction of sp³-hybridized carbons (Fsp3) is 0.600. The molecule has 3 nitrogen and oxygen atoms in total. The van der Waals surface area contributed by atoms with Crippen LogP contribution in [0.5, 0.6) is 0 Å². The molecular formula is C10H17N3. The van der Waals surface area contributed by atoms with Gasteiger partial charge in [0.05, 0.1) is 0 Å². The van der Waals surface area contributed by atoms with E-state index in [-0.39, 0.29) is 0 Å². The lowest BCUT2D eigenvalue weighted by atomic mass is 9.98. The Morgan fingerprint density at radius 2 is 1.85 bits per heavy atom. The van der Waals surface area contributed by atoms with Gasteiger partial charge in [0, 0.05) is 18.9 Å². The van der Waals surface area contributed by atoms with Crippen LogP contribution in [0.2, 0.25) is 0 Å². The minimum Gasteiger partial charge on any atom is -0.354 e. The van der Waals surface area contributed by atoms with Gasteiger partial charge in [-0.15, -0.1) is 0 Å². The summed E-state index contributed by atoms with van der Waals surface area (Å²) in [4.78, 5) is 8.18. The summed E-state index contributed by atoms with van der Waals surface area (Å²) >= 11 is 0. The number of aromatic nitrogens is 2. The Hall–Kier alpha value is -1.12. The Morgan fingerprint density at radius 1 is 1.23 bits per heavy atom. The second-order valence-electron chi connectivity index (χ2n) is 3.67. The quantitative estimate of drug-likeness (QED) is 0.769. The van der Waals surface area contributed by atoms with Crippen LogP contribution >= 0.6 is 0 Å². The van der Waals surface area contributed by atoms with Gasteiger partial charge in [0.1, 0.15) is 0 Å². The third kappa shape index (κ3) is 3.40. The zero-order chi connectivity index (χ0) is 9.68. The van der Waals surface area contributed by atoms with Crippen molar-refractivity contribution in [3.05, 3.63) is 18.5 Å². The van der Waals surface area contributed by atoms with Crippen molar-refractivity contribution in [2.24, 2.45) is 11.8 Å². The summed E-state index contributed by atoms with van der Waals surface area (Å²) in [6.07, 6.45) is 3.49. The van der Waals surface area contributed by atoms with Crippen LogP contribution in [-0.4, -0.2) is 16.5 Å². The SMILES string of the molecule is CC(C)C(C)CNc1ncccn1. The highest BCUT2D eigenvalue weighted by atomic mass is 15.1. The summed E-state index contributed by atoms with van der Waals surface area (Å²) in [7, 11) is 0. The van der Waals surface area contributed by atoms with Gasteiger partial charge in [-0.25, -0.2) is 9.97 Å². The minimum absolute atomic E-state index is 0.642. The third-order valence-electron chi connectivity index (χ3n) is 2.29. The van der Waals surface area contributed by atoms with Gasteiger partial charge in [-0.3, -0.25) is 0 Å². The standard InChI is InChI=1S/C10H17N3/c1-8(2)9(3)7-13-10-11-5-4-6-12-10/h4-6,8-9H,7H2,1-3H3,(H,11,12,13). The molecule has 13 heavy (non-hydrogen) atoms. The van der Waals surface area contributed by atoms with E-state index in [2.05, 4.69) is 36.1 Å². The predicted molar refractivity (Wildman–Crippen MR) is 54.5 cm³/mol. The Balaban J connectivity index is 2.35. The largest absolute Gasteiger partial charge is 0.354 e. The summed E-state index contributed by atoms with van der Waals surface area (Å²) < 4.78 is 0. The van der Waals surface area contributed by atoms with Crippen molar-refractivity contribution in [1.29, 1.82) is 0 Å². The number of hydrogen-bond donors (Lipinski definition) is 1. The second-order valence-corrected chi connectivity index (χ2v) is 3.67. The van der Waals surface area contributed by atoms with E-state index < -0.39 is 0 Å². The van der Waals surface area contributed by atoms with E-state index >= 15 is 0 Å². The molecule has 0 fully saturated rings. The Morgan fingerprint density at radius 3 is 2.38 bits per heavy atom. The first-order valence-electron chi connectivity index (χ1n) is 4.71. The molecule has 1 aromatic heterocycles. The number of nitrogens with zero attached hydrogens (tertiary/aromatic N) is 2. The van der Waals surface area contributed by atoms with Gasteiger partial charge >= 0.3 is 0 Å². The molecule has 0 spiro atoms. The van der Waals surface area contributed by atoms with Crippen molar-refractivity contribution in [3.63, 3.8) is 0 Å². The van der Waals surface area contributed by atoms with Crippen molar-refractivity contribution in [2.75, 3.05) is 11.9 Å². The number of rotatable bonds is 4. The number of anilines is 1. The van der Waals surface area contributed by atoms with Crippen LogP contribution in [0.3, 0.4) is 0 Å². The molecule has 0 bridgehead atoms. The van der Waals surface area contributed by atoms with E-state index in [0.29, 0.717) is 11.8 Å².